The third-order valence-electron chi connectivity index (χ3n) is 3.79. The number of hydrogen-bond acceptors (Lipinski definition) is 4. The average molecular weight is 292 g/mol. The number of nitrogens with zero attached hydrogens (tertiary/aromatic N) is 2. The third kappa shape index (κ3) is 5.26. The highest BCUT2D eigenvalue weighted by Crippen LogP contribution is 2.09. The maximum Gasteiger partial charge on any atom is 0.223 e. The van der Waals surface area contributed by atoms with E-state index in [9.17, 15) is 4.79 Å². The quantitative estimate of drug-likeness (QED) is 0.811. The van der Waals surface area contributed by atoms with E-state index in [1.807, 2.05) is 4.90 Å². The first-order chi connectivity index (χ1) is 8.79. The number of carbonyl (C=O) groups is 1. The van der Waals surface area contributed by atoms with Gasteiger partial charge in [-0.3, -0.25) is 9.69 Å². The van der Waals surface area contributed by atoms with E-state index in [1.54, 1.807) is 0 Å². The van der Waals surface area contributed by atoms with Gasteiger partial charge in [-0.2, -0.15) is 0 Å². The van der Waals surface area contributed by atoms with E-state index in [4.69, 9.17) is 4.74 Å². The number of rotatable bonds is 4. The minimum atomic E-state index is 0. The van der Waals surface area contributed by atoms with Crippen molar-refractivity contribution in [2.75, 3.05) is 52.4 Å². The van der Waals surface area contributed by atoms with Crippen LogP contribution in [0.2, 0.25) is 0 Å². The number of morpholine rings is 1. The van der Waals surface area contributed by atoms with E-state index in [0.29, 0.717) is 18.4 Å². The predicted molar refractivity (Wildman–Crippen MR) is 77.8 cm³/mol. The van der Waals surface area contributed by atoms with Crippen molar-refractivity contribution in [2.45, 2.75) is 25.9 Å². The molecule has 0 saturated carbocycles. The molecule has 5 nitrogen and oxygen atoms in total. The highest BCUT2D eigenvalue weighted by Gasteiger charge is 2.21. The molecule has 19 heavy (non-hydrogen) atoms. The Labute approximate surface area is 122 Å². The zero-order valence-electron chi connectivity index (χ0n) is 11.8. The molecule has 1 N–H and O–H groups in total. The van der Waals surface area contributed by atoms with Crippen LogP contribution in [-0.4, -0.2) is 74.2 Å². The van der Waals surface area contributed by atoms with E-state index >= 15 is 0 Å². The second-order valence-corrected chi connectivity index (χ2v) is 5.08. The minimum absolute atomic E-state index is 0. The molecule has 0 aromatic rings. The Morgan fingerprint density at radius 1 is 1.32 bits per heavy atom. The lowest BCUT2D eigenvalue weighted by molar-refractivity contribution is -0.132. The summed E-state index contributed by atoms with van der Waals surface area (Å²) in [6.45, 7) is 9.36. The maximum atomic E-state index is 12.0. The van der Waals surface area contributed by atoms with Gasteiger partial charge in [-0.25, -0.2) is 0 Å². The van der Waals surface area contributed by atoms with Gasteiger partial charge in [-0.1, -0.05) is 6.92 Å². The zero-order valence-corrected chi connectivity index (χ0v) is 12.6. The van der Waals surface area contributed by atoms with Crippen molar-refractivity contribution >= 4 is 18.3 Å². The van der Waals surface area contributed by atoms with Crippen LogP contribution in [0.15, 0.2) is 0 Å². The summed E-state index contributed by atoms with van der Waals surface area (Å²) in [6, 6.07) is 0. The van der Waals surface area contributed by atoms with Crippen molar-refractivity contribution in [2.24, 2.45) is 0 Å². The number of carbonyl (C=O) groups excluding carboxylic acids is 1. The van der Waals surface area contributed by atoms with Crippen LogP contribution in [0, 0.1) is 0 Å². The minimum Gasteiger partial charge on any atom is -0.376 e. The molecule has 1 unspecified atom stereocenters. The van der Waals surface area contributed by atoms with E-state index in [2.05, 4.69) is 17.1 Å². The summed E-state index contributed by atoms with van der Waals surface area (Å²) in [5.74, 6) is 0.302. The Morgan fingerprint density at radius 2 is 2.05 bits per heavy atom. The zero-order chi connectivity index (χ0) is 12.8. The molecular formula is C13H26ClN3O2. The fourth-order valence-electron chi connectivity index (χ4n) is 2.56. The van der Waals surface area contributed by atoms with Gasteiger partial charge in [0.15, 0.2) is 0 Å². The molecule has 6 heteroatoms. The normalized spacial score (nSPS) is 24.9. The van der Waals surface area contributed by atoms with Crippen molar-refractivity contribution < 1.29 is 9.53 Å². The maximum absolute atomic E-state index is 12.0. The lowest BCUT2D eigenvalue weighted by atomic mass is 10.2. The molecule has 0 radical (unpaired) electrons. The van der Waals surface area contributed by atoms with Crippen molar-refractivity contribution in [3.05, 3.63) is 0 Å². The van der Waals surface area contributed by atoms with Gasteiger partial charge < -0.3 is 15.0 Å². The molecule has 0 aromatic heterocycles. The summed E-state index contributed by atoms with van der Waals surface area (Å²) < 4.78 is 5.64. The summed E-state index contributed by atoms with van der Waals surface area (Å²) in [7, 11) is 0. The van der Waals surface area contributed by atoms with Crippen LogP contribution >= 0.6 is 12.4 Å². The predicted octanol–water partition coefficient (Wildman–Crippen LogP) is 0.341. The number of halogens is 1. The van der Waals surface area contributed by atoms with Gasteiger partial charge in [-0.05, 0) is 6.42 Å². The largest absolute Gasteiger partial charge is 0.376 e. The van der Waals surface area contributed by atoms with Crippen LogP contribution in [0.1, 0.15) is 19.8 Å². The summed E-state index contributed by atoms with van der Waals surface area (Å²) in [5, 5.41) is 3.27. The SMILES string of the molecule is CCC1CN(CCC(=O)N2CCNCC2)CCO1.Cl. The molecule has 2 heterocycles. The Morgan fingerprint density at radius 3 is 2.74 bits per heavy atom. The van der Waals surface area contributed by atoms with Crippen LogP contribution in [0.3, 0.4) is 0 Å². The lowest BCUT2D eigenvalue weighted by Gasteiger charge is -2.33. The van der Waals surface area contributed by atoms with Crippen molar-refractivity contribution in [3.63, 3.8) is 0 Å². The molecule has 1 atom stereocenters. The van der Waals surface area contributed by atoms with Crippen LogP contribution in [0.5, 0.6) is 0 Å². The van der Waals surface area contributed by atoms with Crippen LogP contribution in [-0.2, 0) is 9.53 Å². The molecule has 2 fully saturated rings. The topological polar surface area (TPSA) is 44.8 Å². The number of hydrogen-bond donors (Lipinski definition) is 1. The van der Waals surface area contributed by atoms with Gasteiger partial charge in [0.25, 0.3) is 0 Å². The summed E-state index contributed by atoms with van der Waals surface area (Å²) in [5.41, 5.74) is 0. The second kappa shape index (κ2) is 8.74. The van der Waals surface area contributed by atoms with Gasteiger partial charge in [0.2, 0.25) is 5.91 Å². The van der Waals surface area contributed by atoms with Crippen molar-refractivity contribution in [1.29, 1.82) is 0 Å². The third-order valence-corrected chi connectivity index (χ3v) is 3.79. The Bertz CT molecular complexity index is 273. The Hall–Kier alpha value is -0.360. The first-order valence-electron chi connectivity index (χ1n) is 7.12. The van der Waals surface area contributed by atoms with Crippen molar-refractivity contribution in [1.82, 2.24) is 15.1 Å². The molecule has 0 spiro atoms. The smallest absolute Gasteiger partial charge is 0.223 e. The Balaban J connectivity index is 0.00000180. The van der Waals surface area contributed by atoms with Gasteiger partial charge in [-0.15, -0.1) is 12.4 Å². The molecule has 0 aliphatic carbocycles. The number of ether oxygens (including phenoxy) is 1. The van der Waals surface area contributed by atoms with E-state index in [-0.39, 0.29) is 12.4 Å². The molecule has 2 aliphatic heterocycles. The Kier molecular flexibility index (Phi) is 7.68. The first-order valence-corrected chi connectivity index (χ1v) is 7.12. The number of amides is 1. The highest BCUT2D eigenvalue weighted by molar-refractivity contribution is 5.85. The van der Waals surface area contributed by atoms with Gasteiger partial charge in [0.1, 0.15) is 0 Å². The van der Waals surface area contributed by atoms with E-state index < -0.39 is 0 Å². The number of piperazine rings is 1. The molecule has 0 aromatic carbocycles. The van der Waals surface area contributed by atoms with Crippen molar-refractivity contribution in [3.8, 4) is 0 Å². The molecule has 112 valence electrons. The van der Waals surface area contributed by atoms with Crippen LogP contribution in [0.25, 0.3) is 0 Å². The molecule has 2 aliphatic rings. The monoisotopic (exact) mass is 291 g/mol. The van der Waals surface area contributed by atoms with Gasteiger partial charge >= 0.3 is 0 Å². The average Bonchev–Trinajstić information content (AvgIpc) is 2.46. The molecule has 0 bridgehead atoms. The molecule has 2 saturated heterocycles. The van der Waals surface area contributed by atoms with Crippen LogP contribution < -0.4 is 5.32 Å². The van der Waals surface area contributed by atoms with Gasteiger partial charge in [0, 0.05) is 52.2 Å². The fourth-order valence-corrected chi connectivity index (χ4v) is 2.56. The summed E-state index contributed by atoms with van der Waals surface area (Å²) >= 11 is 0. The van der Waals surface area contributed by atoms with E-state index in [0.717, 1.165) is 58.8 Å². The second-order valence-electron chi connectivity index (χ2n) is 5.08. The molecule has 1 amide bonds. The van der Waals surface area contributed by atoms with Gasteiger partial charge in [0.05, 0.1) is 12.7 Å². The summed E-state index contributed by atoms with van der Waals surface area (Å²) in [6.07, 6.45) is 2.06. The molecule has 2 rings (SSSR count). The fraction of sp³-hybridized carbons (Fsp3) is 0.923. The molecular weight excluding hydrogens is 266 g/mol. The first kappa shape index (κ1) is 16.7. The summed E-state index contributed by atoms with van der Waals surface area (Å²) in [4.78, 5) is 16.4. The standard InChI is InChI=1S/C13H25N3O2.ClH/c1-2-12-11-15(9-10-18-12)6-3-13(17)16-7-4-14-5-8-16;/h12,14H,2-11H2,1H3;1H. The number of nitrogens with one attached hydrogen (secondary N) is 1. The highest BCUT2D eigenvalue weighted by atomic mass is 35.5. The lowest BCUT2D eigenvalue weighted by Crippen LogP contribution is -2.48. The van der Waals surface area contributed by atoms with E-state index in [1.165, 1.54) is 0 Å². The van der Waals surface area contributed by atoms with Crippen LogP contribution in [0.4, 0.5) is 0 Å².